The largest absolute Gasteiger partial charge is 0.480 e. The highest BCUT2D eigenvalue weighted by Crippen LogP contribution is 2.24. The van der Waals surface area contributed by atoms with Gasteiger partial charge < -0.3 is 14.9 Å². The summed E-state index contributed by atoms with van der Waals surface area (Å²) in [6.07, 6.45) is 0. The lowest BCUT2D eigenvalue weighted by molar-refractivity contribution is -0.135. The van der Waals surface area contributed by atoms with Gasteiger partial charge in [-0.25, -0.2) is 8.78 Å². The summed E-state index contributed by atoms with van der Waals surface area (Å²) in [4.78, 5) is 13.7. The first-order valence-corrected chi connectivity index (χ1v) is 5.85. The summed E-state index contributed by atoms with van der Waals surface area (Å²) in [7, 11) is 3.54. The average Bonchev–Trinajstić information content (AvgIpc) is 2.33. The molecule has 1 aromatic carbocycles. The third kappa shape index (κ3) is 4.17. The molecule has 0 saturated heterocycles. The summed E-state index contributed by atoms with van der Waals surface area (Å²) >= 11 is 0. The van der Waals surface area contributed by atoms with Gasteiger partial charge in [-0.15, -0.1) is 0 Å². The molecule has 1 rings (SSSR count). The van der Waals surface area contributed by atoms with Crippen LogP contribution in [0.2, 0.25) is 0 Å². The Balaban J connectivity index is 3.13. The number of carbonyl (C=O) groups is 1. The maximum absolute atomic E-state index is 13.9. The van der Waals surface area contributed by atoms with Crippen molar-refractivity contribution in [2.24, 2.45) is 0 Å². The zero-order valence-corrected chi connectivity index (χ0v) is 11.2. The fourth-order valence-electron chi connectivity index (χ4n) is 1.69. The van der Waals surface area contributed by atoms with Crippen molar-refractivity contribution in [2.45, 2.75) is 0 Å². The molecule has 7 heteroatoms. The monoisotopic (exact) mass is 283 g/mol. The summed E-state index contributed by atoms with van der Waals surface area (Å²) in [5.41, 5.74) is -0.570. The number of hydrogen-bond donors (Lipinski definition) is 1. The number of rotatable bonds is 6. The van der Waals surface area contributed by atoms with Crippen molar-refractivity contribution in [3.63, 3.8) is 0 Å². The van der Waals surface area contributed by atoms with Crippen LogP contribution in [-0.2, 0) is 4.79 Å². The standard InChI is InChI=1S/C13H15F2N3O2/c1-17(2)3-4-18(8-12(19)20)13-10(14)5-9(7-16)6-11(13)15/h5-6H,3-4,8H2,1-2H3,(H,19,20). The lowest BCUT2D eigenvalue weighted by atomic mass is 10.2. The van der Waals surface area contributed by atoms with Crippen molar-refractivity contribution in [3.05, 3.63) is 29.3 Å². The first-order valence-electron chi connectivity index (χ1n) is 5.85. The van der Waals surface area contributed by atoms with Crippen LogP contribution in [0.5, 0.6) is 0 Å². The Morgan fingerprint density at radius 3 is 2.25 bits per heavy atom. The minimum absolute atomic E-state index is 0.147. The number of carboxylic acid groups (broad SMARTS) is 1. The zero-order valence-electron chi connectivity index (χ0n) is 11.2. The highest BCUT2D eigenvalue weighted by atomic mass is 19.1. The molecule has 0 fully saturated rings. The first kappa shape index (κ1) is 15.9. The van der Waals surface area contributed by atoms with Gasteiger partial charge in [0.2, 0.25) is 0 Å². The molecule has 0 radical (unpaired) electrons. The Bertz CT molecular complexity index is 518. The van der Waals surface area contributed by atoms with Crippen LogP contribution in [0.4, 0.5) is 14.5 Å². The van der Waals surface area contributed by atoms with Crippen LogP contribution in [0.15, 0.2) is 12.1 Å². The molecular weight excluding hydrogens is 268 g/mol. The number of hydrogen-bond acceptors (Lipinski definition) is 4. The van der Waals surface area contributed by atoms with E-state index in [1.165, 1.54) is 0 Å². The predicted molar refractivity (Wildman–Crippen MR) is 69.5 cm³/mol. The van der Waals surface area contributed by atoms with Gasteiger partial charge in [0.1, 0.15) is 12.2 Å². The fourth-order valence-corrected chi connectivity index (χ4v) is 1.69. The van der Waals surface area contributed by atoms with Crippen molar-refractivity contribution in [3.8, 4) is 6.07 Å². The molecule has 0 bridgehead atoms. The molecule has 0 aliphatic heterocycles. The lowest BCUT2D eigenvalue weighted by Crippen LogP contribution is -2.36. The van der Waals surface area contributed by atoms with E-state index in [0.29, 0.717) is 6.54 Å². The van der Waals surface area contributed by atoms with Crippen LogP contribution in [0.25, 0.3) is 0 Å². The van der Waals surface area contributed by atoms with Gasteiger partial charge in [-0.3, -0.25) is 4.79 Å². The molecule has 1 N–H and O–H groups in total. The number of halogens is 2. The first-order chi connectivity index (χ1) is 9.35. The maximum atomic E-state index is 13.9. The third-order valence-electron chi connectivity index (χ3n) is 2.61. The number of nitrogens with zero attached hydrogens (tertiary/aromatic N) is 3. The van der Waals surface area contributed by atoms with E-state index in [1.54, 1.807) is 25.1 Å². The molecule has 0 spiro atoms. The second-order valence-electron chi connectivity index (χ2n) is 4.52. The van der Waals surface area contributed by atoms with Crippen LogP contribution in [0, 0.1) is 23.0 Å². The minimum atomic E-state index is -1.19. The Labute approximate surface area is 115 Å². The Hall–Kier alpha value is -2.20. The summed E-state index contributed by atoms with van der Waals surface area (Å²) in [5.74, 6) is -3.07. The molecule has 5 nitrogen and oxygen atoms in total. The van der Waals surface area contributed by atoms with E-state index in [9.17, 15) is 13.6 Å². The van der Waals surface area contributed by atoms with Crippen molar-refractivity contribution in [1.82, 2.24) is 4.90 Å². The summed E-state index contributed by atoms with van der Waals surface area (Å²) in [6.45, 7) is 0.0682. The summed E-state index contributed by atoms with van der Waals surface area (Å²) in [5, 5.41) is 17.5. The van der Waals surface area contributed by atoms with E-state index in [-0.39, 0.29) is 12.1 Å². The second-order valence-corrected chi connectivity index (χ2v) is 4.52. The molecular formula is C13H15F2N3O2. The van der Waals surface area contributed by atoms with Crippen molar-refractivity contribution in [1.29, 1.82) is 5.26 Å². The number of aliphatic carboxylic acids is 1. The molecule has 0 aliphatic carbocycles. The number of anilines is 1. The number of nitriles is 1. The number of carboxylic acids is 1. The van der Waals surface area contributed by atoms with Gasteiger partial charge in [0.15, 0.2) is 11.6 Å². The number of benzene rings is 1. The molecule has 20 heavy (non-hydrogen) atoms. The Morgan fingerprint density at radius 1 is 1.30 bits per heavy atom. The molecule has 1 aromatic rings. The Morgan fingerprint density at radius 2 is 1.85 bits per heavy atom. The van der Waals surface area contributed by atoms with E-state index >= 15 is 0 Å². The van der Waals surface area contributed by atoms with Crippen LogP contribution in [0.1, 0.15) is 5.56 Å². The fraction of sp³-hybridized carbons (Fsp3) is 0.385. The SMILES string of the molecule is CN(C)CCN(CC(=O)O)c1c(F)cc(C#N)cc1F. The molecule has 0 unspecified atom stereocenters. The van der Waals surface area contributed by atoms with Gasteiger partial charge in [-0.1, -0.05) is 0 Å². The van der Waals surface area contributed by atoms with Crippen molar-refractivity contribution >= 4 is 11.7 Å². The van der Waals surface area contributed by atoms with Crippen molar-refractivity contribution < 1.29 is 18.7 Å². The number of likely N-dealkylation sites (N-methyl/N-ethyl adjacent to an activating group) is 1. The smallest absolute Gasteiger partial charge is 0.323 e. The van der Waals surface area contributed by atoms with Gasteiger partial charge in [0.25, 0.3) is 0 Å². The maximum Gasteiger partial charge on any atom is 0.323 e. The minimum Gasteiger partial charge on any atom is -0.480 e. The van der Waals surface area contributed by atoms with Crippen molar-refractivity contribution in [2.75, 3.05) is 38.6 Å². The molecule has 108 valence electrons. The van der Waals surface area contributed by atoms with Gasteiger partial charge in [0, 0.05) is 13.1 Å². The molecule has 0 atom stereocenters. The molecule has 0 aliphatic rings. The normalized spacial score (nSPS) is 10.4. The quantitative estimate of drug-likeness (QED) is 0.852. The zero-order chi connectivity index (χ0) is 15.3. The van der Waals surface area contributed by atoms with E-state index in [0.717, 1.165) is 17.0 Å². The van der Waals surface area contributed by atoms with Gasteiger partial charge in [-0.2, -0.15) is 5.26 Å². The molecule has 0 heterocycles. The Kier molecular flexibility index (Phi) is 5.41. The van der Waals surface area contributed by atoms with E-state index in [1.807, 2.05) is 0 Å². The van der Waals surface area contributed by atoms with Crippen LogP contribution in [0.3, 0.4) is 0 Å². The van der Waals surface area contributed by atoms with Crippen LogP contribution >= 0.6 is 0 Å². The summed E-state index contributed by atoms with van der Waals surface area (Å²) in [6, 6.07) is 3.43. The van der Waals surface area contributed by atoms with Gasteiger partial charge in [0.05, 0.1) is 11.6 Å². The summed E-state index contributed by atoms with van der Waals surface area (Å²) < 4.78 is 27.8. The average molecular weight is 283 g/mol. The van der Waals surface area contributed by atoms with E-state index in [4.69, 9.17) is 10.4 Å². The van der Waals surface area contributed by atoms with Crippen LogP contribution in [-0.4, -0.2) is 49.7 Å². The molecule has 0 aromatic heterocycles. The molecule has 0 saturated carbocycles. The molecule has 0 amide bonds. The topological polar surface area (TPSA) is 67.6 Å². The van der Waals surface area contributed by atoms with Gasteiger partial charge in [-0.05, 0) is 26.2 Å². The second kappa shape index (κ2) is 6.82. The van der Waals surface area contributed by atoms with E-state index in [2.05, 4.69) is 0 Å². The van der Waals surface area contributed by atoms with Gasteiger partial charge >= 0.3 is 5.97 Å². The highest BCUT2D eigenvalue weighted by Gasteiger charge is 2.20. The van der Waals surface area contributed by atoms with E-state index < -0.39 is 29.8 Å². The predicted octanol–water partition coefficient (Wildman–Crippen LogP) is 1.29. The lowest BCUT2D eigenvalue weighted by Gasteiger charge is -2.25. The van der Waals surface area contributed by atoms with Crippen LogP contribution < -0.4 is 4.90 Å². The third-order valence-corrected chi connectivity index (χ3v) is 2.61. The highest BCUT2D eigenvalue weighted by molar-refractivity contribution is 5.74.